The van der Waals surface area contributed by atoms with E-state index in [0.717, 1.165) is 30.8 Å². The molecule has 0 unspecified atom stereocenters. The van der Waals surface area contributed by atoms with Crippen LogP contribution in [0.5, 0.6) is 0 Å². The molecule has 2 atom stereocenters. The van der Waals surface area contributed by atoms with Crippen molar-refractivity contribution in [3.63, 3.8) is 0 Å². The number of halogens is 1. The summed E-state index contributed by atoms with van der Waals surface area (Å²) in [7, 11) is -3.77. The first-order valence-electron chi connectivity index (χ1n) is 8.63. The topological polar surface area (TPSA) is 69.6 Å². The highest BCUT2D eigenvalue weighted by atomic mass is 32.2. The molecule has 3 rings (SSSR count). The Labute approximate surface area is 153 Å². The Morgan fingerprint density at radius 2 is 1.81 bits per heavy atom. The third-order valence-corrected chi connectivity index (χ3v) is 6.26. The molecule has 0 aliphatic carbocycles. The second kappa shape index (κ2) is 8.26. The smallest absolute Gasteiger partial charge is 0.240 e. The number of sulfonamides is 1. The van der Waals surface area contributed by atoms with Crippen LogP contribution in [0.1, 0.15) is 12.0 Å². The first-order valence-corrected chi connectivity index (χ1v) is 10.1. The third-order valence-electron chi connectivity index (χ3n) is 4.75. The van der Waals surface area contributed by atoms with Crippen LogP contribution in [-0.4, -0.2) is 44.2 Å². The highest BCUT2D eigenvalue weighted by Gasteiger charge is 2.32. The maximum Gasteiger partial charge on any atom is 0.240 e. The fourth-order valence-electron chi connectivity index (χ4n) is 3.29. The van der Waals surface area contributed by atoms with Crippen molar-refractivity contribution in [2.24, 2.45) is 5.92 Å². The van der Waals surface area contributed by atoms with E-state index in [9.17, 15) is 17.9 Å². The van der Waals surface area contributed by atoms with Crippen LogP contribution in [0.25, 0.3) is 0 Å². The van der Waals surface area contributed by atoms with Crippen molar-refractivity contribution in [3.05, 3.63) is 66.0 Å². The molecule has 2 N–H and O–H groups in total. The number of piperidine rings is 1. The van der Waals surface area contributed by atoms with Gasteiger partial charge in [-0.2, -0.15) is 0 Å². The molecule has 7 heteroatoms. The zero-order valence-corrected chi connectivity index (χ0v) is 15.2. The summed E-state index contributed by atoms with van der Waals surface area (Å²) < 4.78 is 41.0. The van der Waals surface area contributed by atoms with Gasteiger partial charge in [0.1, 0.15) is 5.82 Å². The predicted molar refractivity (Wildman–Crippen MR) is 97.4 cm³/mol. The summed E-state index contributed by atoms with van der Waals surface area (Å²) in [5.41, 5.74) is 1.16. The number of rotatable bonds is 6. The lowest BCUT2D eigenvalue weighted by atomic mass is 9.93. The molecule has 26 heavy (non-hydrogen) atoms. The minimum absolute atomic E-state index is 0.0239. The zero-order chi connectivity index (χ0) is 18.6. The van der Waals surface area contributed by atoms with E-state index in [1.54, 1.807) is 0 Å². The SMILES string of the molecule is O=S(=O)(N[C@H]1CN(Cc2ccccc2)CC[C@H]1CO)c1ccc(F)cc1. The molecule has 0 bridgehead atoms. The molecular formula is C19H23FN2O3S. The predicted octanol–water partition coefficient (Wildman–Crippen LogP) is 1.99. The van der Waals surface area contributed by atoms with Gasteiger partial charge >= 0.3 is 0 Å². The van der Waals surface area contributed by atoms with E-state index in [1.807, 2.05) is 30.3 Å². The molecule has 1 aliphatic heterocycles. The maximum atomic E-state index is 13.1. The molecule has 2 aromatic carbocycles. The van der Waals surface area contributed by atoms with Crippen LogP contribution < -0.4 is 4.72 Å². The fraction of sp³-hybridized carbons (Fsp3) is 0.368. The second-order valence-corrected chi connectivity index (χ2v) is 8.35. The van der Waals surface area contributed by atoms with Crippen LogP contribution in [0.2, 0.25) is 0 Å². The van der Waals surface area contributed by atoms with Crippen LogP contribution in [0, 0.1) is 11.7 Å². The molecule has 0 saturated carbocycles. The highest BCUT2D eigenvalue weighted by molar-refractivity contribution is 7.89. The molecule has 5 nitrogen and oxygen atoms in total. The molecule has 1 aliphatic rings. The Kier molecular flexibility index (Phi) is 6.03. The van der Waals surface area contributed by atoms with E-state index in [2.05, 4.69) is 9.62 Å². The molecule has 2 aromatic rings. The Balaban J connectivity index is 1.72. The summed E-state index contributed by atoms with van der Waals surface area (Å²) in [5.74, 6) is -0.624. The van der Waals surface area contributed by atoms with Gasteiger partial charge in [-0.25, -0.2) is 17.5 Å². The van der Waals surface area contributed by atoms with Gasteiger partial charge in [0, 0.05) is 31.7 Å². The summed E-state index contributed by atoms with van der Waals surface area (Å²) in [6, 6.07) is 14.3. The molecule has 0 aromatic heterocycles. The summed E-state index contributed by atoms with van der Waals surface area (Å²) in [6.45, 7) is 1.97. The van der Waals surface area contributed by atoms with E-state index in [-0.39, 0.29) is 17.4 Å². The number of nitrogens with one attached hydrogen (secondary N) is 1. The monoisotopic (exact) mass is 378 g/mol. The summed E-state index contributed by atoms with van der Waals surface area (Å²) in [4.78, 5) is 2.20. The molecule has 0 spiro atoms. The van der Waals surface area contributed by atoms with Gasteiger partial charge in [0.05, 0.1) is 4.90 Å². The third kappa shape index (κ3) is 4.67. The maximum absolute atomic E-state index is 13.1. The number of aliphatic hydroxyl groups excluding tert-OH is 1. The molecule has 0 radical (unpaired) electrons. The number of hydrogen-bond acceptors (Lipinski definition) is 4. The molecule has 0 amide bonds. The molecular weight excluding hydrogens is 355 g/mol. The Bertz CT molecular complexity index is 812. The van der Waals surface area contributed by atoms with Gasteiger partial charge in [0.15, 0.2) is 0 Å². The van der Waals surface area contributed by atoms with Crippen molar-refractivity contribution in [1.29, 1.82) is 0 Å². The van der Waals surface area contributed by atoms with Gasteiger partial charge in [-0.15, -0.1) is 0 Å². The molecule has 1 saturated heterocycles. The van der Waals surface area contributed by atoms with E-state index >= 15 is 0 Å². The van der Waals surface area contributed by atoms with Crippen LogP contribution in [-0.2, 0) is 16.6 Å². The van der Waals surface area contributed by atoms with Crippen molar-refractivity contribution in [2.75, 3.05) is 19.7 Å². The van der Waals surface area contributed by atoms with Gasteiger partial charge in [-0.1, -0.05) is 30.3 Å². The normalized spacial score (nSPS) is 21.6. The number of aliphatic hydroxyl groups is 1. The average molecular weight is 378 g/mol. The number of hydrogen-bond donors (Lipinski definition) is 2. The van der Waals surface area contributed by atoms with Crippen molar-refractivity contribution < 1.29 is 17.9 Å². The summed E-state index contributed by atoms with van der Waals surface area (Å²) in [6.07, 6.45) is 0.708. The number of benzene rings is 2. The quantitative estimate of drug-likeness (QED) is 0.807. The van der Waals surface area contributed by atoms with E-state index in [1.165, 1.54) is 12.1 Å². The Hall–Kier alpha value is -1.80. The van der Waals surface area contributed by atoms with Gasteiger partial charge in [0.25, 0.3) is 0 Å². The molecule has 1 heterocycles. The van der Waals surface area contributed by atoms with Gasteiger partial charge in [-0.05, 0) is 42.8 Å². The van der Waals surface area contributed by atoms with Crippen molar-refractivity contribution in [3.8, 4) is 0 Å². The fourth-order valence-corrected chi connectivity index (χ4v) is 4.58. The highest BCUT2D eigenvalue weighted by Crippen LogP contribution is 2.21. The zero-order valence-electron chi connectivity index (χ0n) is 14.4. The van der Waals surface area contributed by atoms with E-state index < -0.39 is 21.9 Å². The lowest BCUT2D eigenvalue weighted by molar-refractivity contribution is 0.101. The first kappa shape index (κ1) is 19.0. The van der Waals surface area contributed by atoms with Gasteiger partial charge in [0.2, 0.25) is 10.0 Å². The van der Waals surface area contributed by atoms with Crippen molar-refractivity contribution >= 4 is 10.0 Å². The van der Waals surface area contributed by atoms with E-state index in [4.69, 9.17) is 0 Å². The Morgan fingerprint density at radius 1 is 1.12 bits per heavy atom. The van der Waals surface area contributed by atoms with Crippen LogP contribution in [0.15, 0.2) is 59.5 Å². The second-order valence-electron chi connectivity index (χ2n) is 6.63. The number of likely N-dealkylation sites (tertiary alicyclic amines) is 1. The number of nitrogens with zero attached hydrogens (tertiary/aromatic N) is 1. The first-order chi connectivity index (χ1) is 12.5. The minimum Gasteiger partial charge on any atom is -0.396 e. The van der Waals surface area contributed by atoms with E-state index in [0.29, 0.717) is 13.0 Å². The standard InChI is InChI=1S/C19H23FN2O3S/c20-17-6-8-18(9-7-17)26(24,25)21-19-13-22(11-10-16(19)14-23)12-15-4-2-1-3-5-15/h1-9,16,19,21,23H,10-14H2/t16-,19-/m0/s1. The average Bonchev–Trinajstić information content (AvgIpc) is 2.63. The Morgan fingerprint density at radius 3 is 2.46 bits per heavy atom. The largest absolute Gasteiger partial charge is 0.396 e. The molecule has 1 fully saturated rings. The minimum atomic E-state index is -3.77. The summed E-state index contributed by atoms with van der Waals surface area (Å²) >= 11 is 0. The van der Waals surface area contributed by atoms with Gasteiger partial charge < -0.3 is 5.11 Å². The van der Waals surface area contributed by atoms with Crippen molar-refractivity contribution in [2.45, 2.75) is 23.9 Å². The molecule has 140 valence electrons. The van der Waals surface area contributed by atoms with Crippen LogP contribution in [0.3, 0.4) is 0 Å². The lowest BCUT2D eigenvalue weighted by Crippen LogP contribution is -2.53. The van der Waals surface area contributed by atoms with Crippen LogP contribution in [0.4, 0.5) is 4.39 Å². The van der Waals surface area contributed by atoms with Gasteiger partial charge in [-0.3, -0.25) is 4.90 Å². The van der Waals surface area contributed by atoms with Crippen LogP contribution >= 0.6 is 0 Å². The summed E-state index contributed by atoms with van der Waals surface area (Å²) in [5, 5.41) is 9.64. The van der Waals surface area contributed by atoms with Crippen molar-refractivity contribution in [1.82, 2.24) is 9.62 Å². The lowest BCUT2D eigenvalue weighted by Gasteiger charge is -2.38.